The molecule has 1 aliphatic heterocycles. The number of rotatable bonds is 3. The summed E-state index contributed by atoms with van der Waals surface area (Å²) in [4.78, 5) is 5.63. The van der Waals surface area contributed by atoms with Gasteiger partial charge in [0.05, 0.1) is 15.5 Å². The molecule has 0 saturated carbocycles. The minimum absolute atomic E-state index is 0.251. The number of likely N-dealkylation sites (N-methyl/N-ethyl adjacent to an activating group) is 1. The van der Waals surface area contributed by atoms with Crippen LogP contribution in [-0.4, -0.2) is 33.6 Å². The van der Waals surface area contributed by atoms with E-state index in [1.54, 1.807) is 12.1 Å². The molecule has 3 nitrogen and oxygen atoms in total. The van der Waals surface area contributed by atoms with E-state index < -0.39 is 0 Å². The molecule has 1 aromatic carbocycles. The van der Waals surface area contributed by atoms with Gasteiger partial charge in [0.15, 0.2) is 4.77 Å². The van der Waals surface area contributed by atoms with Gasteiger partial charge in [-0.25, -0.2) is 4.39 Å². The summed E-state index contributed by atoms with van der Waals surface area (Å²) >= 11 is 8.61. The number of hydrogen-bond donors (Lipinski definition) is 1. The average molecular weight is 358 g/mol. The van der Waals surface area contributed by atoms with E-state index in [-0.39, 0.29) is 5.82 Å². The molecule has 6 heteroatoms. The molecule has 0 radical (unpaired) electrons. The lowest BCUT2D eigenvalue weighted by Crippen LogP contribution is -2.32. The summed E-state index contributed by atoms with van der Waals surface area (Å²) in [5.74, 6) is -0.251. The van der Waals surface area contributed by atoms with E-state index in [2.05, 4.69) is 32.7 Å². The molecule has 0 bridgehead atoms. The van der Waals surface area contributed by atoms with Gasteiger partial charge < -0.3 is 9.55 Å². The Hall–Kier alpha value is -0.720. The SMILES string of the molecule is CCN1CCCC1Cn1c(=S)[nH]c2cc(Br)c(F)cc21. The molecule has 0 amide bonds. The number of H-pyrrole nitrogens is 1. The number of likely N-dealkylation sites (tertiary alicyclic amines) is 1. The van der Waals surface area contributed by atoms with Crippen molar-refractivity contribution in [3.8, 4) is 0 Å². The van der Waals surface area contributed by atoms with Gasteiger partial charge in [0, 0.05) is 18.7 Å². The van der Waals surface area contributed by atoms with Crippen LogP contribution in [0.3, 0.4) is 0 Å². The highest BCUT2D eigenvalue weighted by molar-refractivity contribution is 9.10. The Labute approximate surface area is 130 Å². The van der Waals surface area contributed by atoms with Gasteiger partial charge in [-0.3, -0.25) is 4.90 Å². The molecular formula is C14H17BrFN3S. The molecule has 2 heterocycles. The number of aromatic nitrogens is 2. The first-order valence-corrected chi connectivity index (χ1v) is 8.12. The first-order chi connectivity index (χ1) is 9.60. The molecule has 1 aliphatic rings. The Balaban J connectivity index is 2.01. The fraction of sp³-hybridized carbons (Fsp3) is 0.500. The molecule has 1 saturated heterocycles. The molecule has 1 unspecified atom stereocenters. The normalized spacial score (nSPS) is 20.1. The Bertz CT molecular complexity index is 694. The molecule has 0 spiro atoms. The van der Waals surface area contributed by atoms with Crippen molar-refractivity contribution >= 4 is 39.2 Å². The van der Waals surface area contributed by atoms with Crippen molar-refractivity contribution in [2.45, 2.75) is 32.4 Å². The van der Waals surface area contributed by atoms with Gasteiger partial charge in [-0.05, 0) is 60.1 Å². The number of halogens is 2. The molecule has 1 aromatic heterocycles. The van der Waals surface area contributed by atoms with Crippen LogP contribution in [0.25, 0.3) is 11.0 Å². The summed E-state index contributed by atoms with van der Waals surface area (Å²) < 4.78 is 16.9. The molecule has 108 valence electrons. The minimum atomic E-state index is -0.251. The standard InChI is InChI=1S/C14H17BrFN3S/c1-2-18-5-3-4-9(18)8-19-13-7-11(16)10(15)6-12(13)17-14(19)20/h6-7,9H,2-5,8H2,1H3,(H,17,20). The van der Waals surface area contributed by atoms with E-state index >= 15 is 0 Å². The fourth-order valence-corrected chi connectivity index (χ4v) is 3.69. The van der Waals surface area contributed by atoms with Gasteiger partial charge in [-0.15, -0.1) is 0 Å². The summed E-state index contributed by atoms with van der Waals surface area (Å²) in [7, 11) is 0. The number of aromatic amines is 1. The summed E-state index contributed by atoms with van der Waals surface area (Å²) in [5, 5.41) is 0. The van der Waals surface area contributed by atoms with E-state index in [1.807, 2.05) is 4.57 Å². The number of nitrogens with one attached hydrogen (secondary N) is 1. The molecule has 1 atom stereocenters. The molecular weight excluding hydrogens is 341 g/mol. The van der Waals surface area contributed by atoms with Crippen molar-refractivity contribution in [3.05, 3.63) is 27.2 Å². The Morgan fingerprint density at radius 1 is 1.50 bits per heavy atom. The molecule has 2 aromatic rings. The fourth-order valence-electron chi connectivity index (χ4n) is 3.06. The molecule has 0 aliphatic carbocycles. The van der Waals surface area contributed by atoms with Crippen molar-refractivity contribution in [3.63, 3.8) is 0 Å². The summed E-state index contributed by atoms with van der Waals surface area (Å²) in [6.07, 6.45) is 2.41. The highest BCUT2D eigenvalue weighted by Gasteiger charge is 2.24. The smallest absolute Gasteiger partial charge is 0.178 e. The van der Waals surface area contributed by atoms with Crippen molar-refractivity contribution in [2.24, 2.45) is 0 Å². The second kappa shape index (κ2) is 5.58. The Morgan fingerprint density at radius 2 is 2.30 bits per heavy atom. The Kier molecular flexibility index (Phi) is 3.97. The van der Waals surface area contributed by atoms with E-state index in [0.29, 0.717) is 15.3 Å². The van der Waals surface area contributed by atoms with E-state index in [9.17, 15) is 4.39 Å². The first-order valence-electron chi connectivity index (χ1n) is 6.91. The zero-order chi connectivity index (χ0) is 14.3. The lowest BCUT2D eigenvalue weighted by Gasteiger charge is -2.23. The number of imidazole rings is 1. The summed E-state index contributed by atoms with van der Waals surface area (Å²) in [5.41, 5.74) is 1.72. The van der Waals surface area contributed by atoms with Crippen LogP contribution in [0.5, 0.6) is 0 Å². The Morgan fingerprint density at radius 3 is 3.05 bits per heavy atom. The number of nitrogens with zero attached hydrogens (tertiary/aromatic N) is 2. The van der Waals surface area contributed by atoms with Crippen molar-refractivity contribution < 1.29 is 4.39 Å². The van der Waals surface area contributed by atoms with Crippen LogP contribution in [0.1, 0.15) is 19.8 Å². The van der Waals surface area contributed by atoms with Gasteiger partial charge in [0.1, 0.15) is 5.82 Å². The van der Waals surface area contributed by atoms with Crippen LogP contribution in [0, 0.1) is 10.6 Å². The summed E-state index contributed by atoms with van der Waals surface area (Å²) in [6, 6.07) is 3.80. The largest absolute Gasteiger partial charge is 0.331 e. The number of hydrogen-bond acceptors (Lipinski definition) is 2. The van der Waals surface area contributed by atoms with Crippen LogP contribution in [0.4, 0.5) is 4.39 Å². The molecule has 1 N–H and O–H groups in total. The second-order valence-corrected chi connectivity index (χ2v) is 6.49. The predicted molar refractivity (Wildman–Crippen MR) is 85.0 cm³/mol. The third kappa shape index (κ3) is 2.44. The maximum atomic E-state index is 13.8. The zero-order valence-corrected chi connectivity index (χ0v) is 13.7. The average Bonchev–Trinajstić information content (AvgIpc) is 2.97. The minimum Gasteiger partial charge on any atom is -0.331 e. The maximum Gasteiger partial charge on any atom is 0.178 e. The highest BCUT2D eigenvalue weighted by atomic mass is 79.9. The van der Waals surface area contributed by atoms with Crippen LogP contribution in [0.2, 0.25) is 0 Å². The monoisotopic (exact) mass is 357 g/mol. The molecule has 1 fully saturated rings. The lowest BCUT2D eigenvalue weighted by atomic mass is 10.2. The third-order valence-corrected chi connectivity index (χ3v) is 5.04. The quantitative estimate of drug-likeness (QED) is 0.836. The predicted octanol–water partition coefficient (Wildman–Crippen LogP) is 4.08. The van der Waals surface area contributed by atoms with E-state index in [1.165, 1.54) is 12.8 Å². The highest BCUT2D eigenvalue weighted by Crippen LogP contribution is 2.25. The van der Waals surface area contributed by atoms with Crippen LogP contribution < -0.4 is 0 Å². The van der Waals surface area contributed by atoms with Gasteiger partial charge in [0.25, 0.3) is 0 Å². The van der Waals surface area contributed by atoms with Crippen LogP contribution in [0.15, 0.2) is 16.6 Å². The van der Waals surface area contributed by atoms with Gasteiger partial charge in [0.2, 0.25) is 0 Å². The van der Waals surface area contributed by atoms with Crippen molar-refractivity contribution in [1.29, 1.82) is 0 Å². The zero-order valence-electron chi connectivity index (χ0n) is 11.3. The molecule has 3 rings (SSSR count). The maximum absolute atomic E-state index is 13.8. The summed E-state index contributed by atoms with van der Waals surface area (Å²) in [6.45, 7) is 5.22. The van der Waals surface area contributed by atoms with Crippen LogP contribution >= 0.6 is 28.1 Å². The van der Waals surface area contributed by atoms with E-state index in [4.69, 9.17) is 12.2 Å². The van der Waals surface area contributed by atoms with E-state index in [0.717, 1.165) is 30.7 Å². The van der Waals surface area contributed by atoms with Gasteiger partial charge in [-0.2, -0.15) is 0 Å². The van der Waals surface area contributed by atoms with Crippen molar-refractivity contribution in [2.75, 3.05) is 13.1 Å². The lowest BCUT2D eigenvalue weighted by molar-refractivity contribution is 0.245. The van der Waals surface area contributed by atoms with Crippen molar-refractivity contribution in [1.82, 2.24) is 14.5 Å². The van der Waals surface area contributed by atoms with Crippen LogP contribution in [-0.2, 0) is 6.54 Å². The third-order valence-electron chi connectivity index (χ3n) is 4.11. The molecule has 20 heavy (non-hydrogen) atoms. The second-order valence-electron chi connectivity index (χ2n) is 5.25. The number of benzene rings is 1. The topological polar surface area (TPSA) is 24.0 Å². The van der Waals surface area contributed by atoms with Gasteiger partial charge >= 0.3 is 0 Å². The number of fused-ring (bicyclic) bond motifs is 1. The first kappa shape index (κ1) is 14.2. The van der Waals surface area contributed by atoms with Gasteiger partial charge in [-0.1, -0.05) is 6.92 Å².